The summed E-state index contributed by atoms with van der Waals surface area (Å²) in [5, 5.41) is 0. The van der Waals surface area contributed by atoms with E-state index in [4.69, 9.17) is 14.2 Å². The average Bonchev–Trinajstić information content (AvgIpc) is 3.29. The molecule has 0 bridgehead atoms. The van der Waals surface area contributed by atoms with Gasteiger partial charge in [-0.1, -0.05) is 263 Å². The predicted octanol–water partition coefficient (Wildman–Crippen LogP) is 18.7. The van der Waals surface area contributed by atoms with Crippen molar-refractivity contribution in [3.63, 3.8) is 0 Å². The summed E-state index contributed by atoms with van der Waals surface area (Å²) in [4.78, 5) is 38.1. The quantitative estimate of drug-likeness (QED) is 0.0262. The molecule has 6 nitrogen and oxygen atoms in total. The van der Waals surface area contributed by atoms with E-state index in [2.05, 4.69) is 45.1 Å². The van der Waals surface area contributed by atoms with Crippen molar-refractivity contribution in [2.45, 2.75) is 316 Å². The van der Waals surface area contributed by atoms with Gasteiger partial charge in [0.1, 0.15) is 13.2 Å². The minimum Gasteiger partial charge on any atom is -0.462 e. The maximum Gasteiger partial charge on any atom is 0.306 e. The second kappa shape index (κ2) is 53.5. The van der Waals surface area contributed by atoms with E-state index in [1.165, 1.54) is 199 Å². The molecule has 0 aromatic heterocycles. The van der Waals surface area contributed by atoms with Crippen molar-refractivity contribution in [1.82, 2.24) is 0 Å². The van der Waals surface area contributed by atoms with Crippen LogP contribution in [-0.2, 0) is 28.6 Å². The minimum atomic E-state index is -0.769. The molecule has 0 aromatic carbocycles. The van der Waals surface area contributed by atoms with E-state index in [0.717, 1.165) is 70.6 Å². The first-order valence-corrected chi connectivity index (χ1v) is 28.3. The summed E-state index contributed by atoms with van der Waals surface area (Å²) in [5.74, 6) is -0.856. The molecule has 1 atom stereocenters. The van der Waals surface area contributed by atoms with Gasteiger partial charge in [-0.05, 0) is 51.4 Å². The molecule has 0 aliphatic heterocycles. The van der Waals surface area contributed by atoms with Gasteiger partial charge in [0.15, 0.2) is 6.10 Å². The van der Waals surface area contributed by atoms with E-state index >= 15 is 0 Å². The fourth-order valence-corrected chi connectivity index (χ4v) is 8.42. The molecule has 0 amide bonds. The number of unbranched alkanes of at least 4 members (excludes halogenated alkanes) is 37. The maximum absolute atomic E-state index is 12.8. The lowest BCUT2D eigenvalue weighted by Gasteiger charge is -2.18. The number of carbonyl (C=O) groups is 3. The van der Waals surface area contributed by atoms with Crippen molar-refractivity contribution < 1.29 is 28.6 Å². The zero-order valence-electron chi connectivity index (χ0n) is 43.1. The van der Waals surface area contributed by atoms with Crippen LogP contribution in [0.2, 0.25) is 0 Å². The molecule has 0 fully saturated rings. The van der Waals surface area contributed by atoms with Crippen molar-refractivity contribution >= 4 is 17.9 Å². The molecule has 0 rings (SSSR count). The van der Waals surface area contributed by atoms with Crippen molar-refractivity contribution in [1.29, 1.82) is 0 Å². The van der Waals surface area contributed by atoms with E-state index in [1.807, 2.05) is 0 Å². The number of hydrogen-bond acceptors (Lipinski definition) is 6. The van der Waals surface area contributed by atoms with Crippen LogP contribution in [0.4, 0.5) is 0 Å². The first kappa shape index (κ1) is 61.9. The molecule has 0 spiro atoms. The first-order valence-electron chi connectivity index (χ1n) is 28.3. The predicted molar refractivity (Wildman–Crippen MR) is 275 cm³/mol. The molecule has 1 unspecified atom stereocenters. The highest BCUT2D eigenvalue weighted by molar-refractivity contribution is 5.71. The lowest BCUT2D eigenvalue weighted by atomic mass is 10.0. The molecule has 0 aliphatic rings. The monoisotopic (exact) mass is 901 g/mol. The van der Waals surface area contributed by atoms with E-state index in [-0.39, 0.29) is 31.1 Å². The molecule has 6 heteroatoms. The zero-order valence-corrected chi connectivity index (χ0v) is 43.1. The van der Waals surface area contributed by atoms with E-state index < -0.39 is 6.10 Å². The summed E-state index contributed by atoms with van der Waals surface area (Å²) in [6, 6.07) is 0. The highest BCUT2D eigenvalue weighted by atomic mass is 16.6. The molecule has 0 N–H and O–H groups in total. The minimum absolute atomic E-state index is 0.0682. The largest absolute Gasteiger partial charge is 0.462 e. The van der Waals surface area contributed by atoms with Gasteiger partial charge in [0.2, 0.25) is 0 Å². The summed E-state index contributed by atoms with van der Waals surface area (Å²) < 4.78 is 16.9. The SMILES string of the molecule is CCCCC/C=C\C/C=C\CCCCCCCCCC(=O)OCC(COC(=O)CCCCCCCCCCCCCCC)OC(=O)CCCCCCCCCCCCCCCCCC. The Morgan fingerprint density at radius 2 is 0.562 bits per heavy atom. The van der Waals surface area contributed by atoms with Gasteiger partial charge in [0.25, 0.3) is 0 Å². The Kier molecular flexibility index (Phi) is 51.7. The Morgan fingerprint density at radius 3 is 0.891 bits per heavy atom. The lowest BCUT2D eigenvalue weighted by Crippen LogP contribution is -2.30. The van der Waals surface area contributed by atoms with E-state index in [9.17, 15) is 14.4 Å². The topological polar surface area (TPSA) is 78.9 Å². The maximum atomic E-state index is 12.8. The Hall–Kier alpha value is -2.11. The van der Waals surface area contributed by atoms with E-state index in [0.29, 0.717) is 19.3 Å². The van der Waals surface area contributed by atoms with Crippen molar-refractivity contribution in [2.75, 3.05) is 13.2 Å². The van der Waals surface area contributed by atoms with Crippen LogP contribution in [0.5, 0.6) is 0 Å². The molecule has 0 heterocycles. The second-order valence-electron chi connectivity index (χ2n) is 19.2. The first-order chi connectivity index (χ1) is 31.5. The van der Waals surface area contributed by atoms with Gasteiger partial charge in [-0.2, -0.15) is 0 Å². The lowest BCUT2D eigenvalue weighted by molar-refractivity contribution is -0.167. The fraction of sp³-hybridized carbons (Fsp3) is 0.879. The number of rotatable bonds is 52. The zero-order chi connectivity index (χ0) is 46.5. The Balaban J connectivity index is 4.33. The van der Waals surface area contributed by atoms with Crippen LogP contribution in [0.3, 0.4) is 0 Å². The summed E-state index contributed by atoms with van der Waals surface area (Å²) in [5.41, 5.74) is 0. The summed E-state index contributed by atoms with van der Waals surface area (Å²) in [7, 11) is 0. The Labute approximate surface area is 398 Å². The number of esters is 3. The number of ether oxygens (including phenoxy) is 3. The highest BCUT2D eigenvalue weighted by Gasteiger charge is 2.19. The fourth-order valence-electron chi connectivity index (χ4n) is 8.42. The van der Waals surface area contributed by atoms with Gasteiger partial charge in [-0.15, -0.1) is 0 Å². The molecule has 0 saturated heterocycles. The van der Waals surface area contributed by atoms with Gasteiger partial charge in [0.05, 0.1) is 0 Å². The van der Waals surface area contributed by atoms with Crippen LogP contribution in [0, 0.1) is 0 Å². The molecular weight excluding hydrogens is 793 g/mol. The van der Waals surface area contributed by atoms with Crippen LogP contribution in [0.1, 0.15) is 310 Å². The normalized spacial score (nSPS) is 12.1. The van der Waals surface area contributed by atoms with Crippen molar-refractivity contribution in [3.05, 3.63) is 24.3 Å². The second-order valence-corrected chi connectivity index (χ2v) is 19.2. The molecule has 0 aromatic rings. The molecular formula is C58H108O6. The molecule has 64 heavy (non-hydrogen) atoms. The van der Waals surface area contributed by atoms with Crippen molar-refractivity contribution in [3.8, 4) is 0 Å². The third-order valence-electron chi connectivity index (χ3n) is 12.7. The van der Waals surface area contributed by atoms with Gasteiger partial charge >= 0.3 is 17.9 Å². The average molecular weight is 901 g/mol. The molecule has 376 valence electrons. The molecule has 0 radical (unpaired) electrons. The van der Waals surface area contributed by atoms with Crippen LogP contribution in [0.15, 0.2) is 24.3 Å². The molecule has 0 saturated carbocycles. The third-order valence-corrected chi connectivity index (χ3v) is 12.7. The van der Waals surface area contributed by atoms with Gasteiger partial charge in [-0.25, -0.2) is 0 Å². The molecule has 0 aliphatic carbocycles. The van der Waals surface area contributed by atoms with Gasteiger partial charge in [0, 0.05) is 19.3 Å². The van der Waals surface area contributed by atoms with Gasteiger partial charge in [-0.3, -0.25) is 14.4 Å². The van der Waals surface area contributed by atoms with Crippen LogP contribution in [0.25, 0.3) is 0 Å². The van der Waals surface area contributed by atoms with Crippen molar-refractivity contribution in [2.24, 2.45) is 0 Å². The van der Waals surface area contributed by atoms with Crippen LogP contribution in [-0.4, -0.2) is 37.2 Å². The Bertz CT molecular complexity index is 1040. The van der Waals surface area contributed by atoms with Crippen LogP contribution >= 0.6 is 0 Å². The Morgan fingerprint density at radius 1 is 0.312 bits per heavy atom. The van der Waals surface area contributed by atoms with E-state index in [1.54, 1.807) is 0 Å². The smallest absolute Gasteiger partial charge is 0.306 e. The standard InChI is InChI=1S/C58H108O6/c1-4-7-10-13-16-19-22-25-27-29-31-33-36-39-42-45-48-51-57(60)63-54-55(53-62-56(59)50-47-44-41-38-35-32-24-21-18-15-12-9-6-3)64-58(61)52-49-46-43-40-37-34-30-28-26-23-20-17-14-11-8-5-2/h16,19,25,27,55H,4-15,17-18,20-24,26,28-54H2,1-3H3/b19-16-,27-25-. The summed E-state index contributed by atoms with van der Waals surface area (Å²) >= 11 is 0. The van der Waals surface area contributed by atoms with Crippen LogP contribution < -0.4 is 0 Å². The summed E-state index contributed by atoms with van der Waals surface area (Å²) in [6.07, 6.45) is 61.6. The summed E-state index contributed by atoms with van der Waals surface area (Å²) in [6.45, 7) is 6.65. The number of allylic oxidation sites excluding steroid dienone is 4. The number of carbonyl (C=O) groups excluding carboxylic acids is 3. The number of hydrogen-bond donors (Lipinski definition) is 0. The van der Waals surface area contributed by atoms with Gasteiger partial charge < -0.3 is 14.2 Å². The highest BCUT2D eigenvalue weighted by Crippen LogP contribution is 2.17. The third kappa shape index (κ3) is 50.9.